The number of carbonyl (C=O) groups excluding carboxylic acids is 2. The van der Waals surface area contributed by atoms with Gasteiger partial charge in [0.25, 0.3) is 11.7 Å². The average Bonchev–Trinajstić information content (AvgIpc) is 3.04. The number of likely N-dealkylation sites (tertiary alicyclic amines) is 1. The molecule has 162 valence electrons. The quantitative estimate of drug-likeness (QED) is 0.397. The first-order chi connectivity index (χ1) is 15.0. The van der Waals surface area contributed by atoms with Crippen LogP contribution in [-0.2, 0) is 14.3 Å². The van der Waals surface area contributed by atoms with E-state index < -0.39 is 23.5 Å². The molecule has 0 aliphatic carbocycles. The summed E-state index contributed by atoms with van der Waals surface area (Å²) >= 11 is 3.35. The molecule has 2 aromatic carbocycles. The molecule has 8 heteroatoms. The van der Waals surface area contributed by atoms with Crippen molar-refractivity contribution in [3.63, 3.8) is 0 Å². The van der Waals surface area contributed by atoms with Gasteiger partial charge in [-0.25, -0.2) is 4.39 Å². The van der Waals surface area contributed by atoms with Crippen molar-refractivity contribution in [3.8, 4) is 0 Å². The summed E-state index contributed by atoms with van der Waals surface area (Å²) in [5.74, 6) is -2.06. The normalized spacial score (nSPS) is 21.6. The molecular weight excluding hydrogens is 467 g/mol. The summed E-state index contributed by atoms with van der Waals surface area (Å²) < 4.78 is 19.7. The lowest BCUT2D eigenvalue weighted by molar-refractivity contribution is -0.140. The first-order valence-electron chi connectivity index (χ1n) is 10.1. The lowest BCUT2D eigenvalue weighted by atomic mass is 9.95. The Kier molecular flexibility index (Phi) is 6.50. The van der Waals surface area contributed by atoms with Crippen molar-refractivity contribution < 1.29 is 23.8 Å². The SMILES string of the molecule is O=C1C(=O)N(CCN2CCOCC2)[C@@H](c2ccc(F)cc2)C1=C(O)c1ccc(Br)cc1. The molecule has 2 heterocycles. The summed E-state index contributed by atoms with van der Waals surface area (Å²) in [4.78, 5) is 29.5. The standard InChI is InChI=1S/C23H22BrFN2O4/c24-17-5-1-16(2-6-17)21(28)19-20(15-3-7-18(25)8-4-15)27(23(30)22(19)29)10-9-26-11-13-31-14-12-26/h1-8,20,28H,9-14H2/t20-/m0/s1. The van der Waals surface area contributed by atoms with Crippen molar-refractivity contribution in [2.24, 2.45) is 0 Å². The molecule has 1 amide bonds. The van der Waals surface area contributed by atoms with E-state index >= 15 is 0 Å². The van der Waals surface area contributed by atoms with Crippen LogP contribution in [0.15, 0.2) is 58.6 Å². The van der Waals surface area contributed by atoms with E-state index in [1.165, 1.54) is 17.0 Å². The minimum Gasteiger partial charge on any atom is -0.507 e. The second kappa shape index (κ2) is 9.30. The van der Waals surface area contributed by atoms with Crippen molar-refractivity contribution >= 4 is 33.4 Å². The number of hydrogen-bond acceptors (Lipinski definition) is 5. The van der Waals surface area contributed by atoms with Gasteiger partial charge in [0, 0.05) is 36.2 Å². The van der Waals surface area contributed by atoms with Gasteiger partial charge in [-0.15, -0.1) is 0 Å². The maximum absolute atomic E-state index is 13.5. The van der Waals surface area contributed by atoms with E-state index in [0.29, 0.717) is 37.4 Å². The largest absolute Gasteiger partial charge is 0.507 e. The second-order valence-corrected chi connectivity index (χ2v) is 8.42. The number of Topliss-reactive ketones (excluding diaryl/α,β-unsaturated/α-hetero) is 1. The van der Waals surface area contributed by atoms with E-state index in [4.69, 9.17) is 4.74 Å². The highest BCUT2D eigenvalue weighted by atomic mass is 79.9. The molecule has 2 saturated heterocycles. The van der Waals surface area contributed by atoms with Crippen LogP contribution in [0.3, 0.4) is 0 Å². The van der Waals surface area contributed by atoms with Gasteiger partial charge in [0.2, 0.25) is 0 Å². The van der Waals surface area contributed by atoms with Gasteiger partial charge in [-0.05, 0) is 29.8 Å². The van der Waals surface area contributed by atoms with Crippen molar-refractivity contribution in [2.45, 2.75) is 6.04 Å². The molecule has 0 radical (unpaired) electrons. The molecule has 6 nitrogen and oxygen atoms in total. The third-order valence-corrected chi connectivity index (χ3v) is 6.13. The molecule has 0 bridgehead atoms. The van der Waals surface area contributed by atoms with Gasteiger partial charge >= 0.3 is 0 Å². The van der Waals surface area contributed by atoms with Crippen LogP contribution in [0, 0.1) is 5.82 Å². The monoisotopic (exact) mass is 488 g/mol. The number of aliphatic hydroxyl groups is 1. The van der Waals surface area contributed by atoms with Crippen molar-refractivity contribution in [3.05, 3.63) is 75.5 Å². The lowest BCUT2D eigenvalue weighted by Gasteiger charge is -2.31. The number of halogens is 2. The highest BCUT2D eigenvalue weighted by Gasteiger charge is 2.46. The van der Waals surface area contributed by atoms with E-state index in [1.807, 2.05) is 0 Å². The molecule has 0 aromatic heterocycles. The Balaban J connectivity index is 1.72. The van der Waals surface area contributed by atoms with Crippen LogP contribution < -0.4 is 0 Å². The number of nitrogens with zero attached hydrogens (tertiary/aromatic N) is 2. The Hall–Kier alpha value is -2.55. The Bertz CT molecular complexity index is 1000. The van der Waals surface area contributed by atoms with Crippen LogP contribution in [0.1, 0.15) is 17.2 Å². The molecule has 2 aromatic rings. The van der Waals surface area contributed by atoms with Crippen LogP contribution >= 0.6 is 15.9 Å². The maximum atomic E-state index is 13.5. The fraction of sp³-hybridized carbons (Fsp3) is 0.304. The summed E-state index contributed by atoms with van der Waals surface area (Å²) in [6, 6.07) is 11.7. The summed E-state index contributed by atoms with van der Waals surface area (Å²) in [5.41, 5.74) is 1.02. The number of benzene rings is 2. The zero-order valence-corrected chi connectivity index (χ0v) is 18.3. The first-order valence-corrected chi connectivity index (χ1v) is 10.8. The number of aliphatic hydroxyl groups excluding tert-OH is 1. The first kappa shape index (κ1) is 21.7. The van der Waals surface area contributed by atoms with Crippen molar-refractivity contribution in [2.75, 3.05) is 39.4 Å². The van der Waals surface area contributed by atoms with Crippen LogP contribution in [-0.4, -0.2) is 66.0 Å². The zero-order valence-electron chi connectivity index (χ0n) is 16.8. The Morgan fingerprint density at radius 3 is 2.32 bits per heavy atom. The Morgan fingerprint density at radius 1 is 1.03 bits per heavy atom. The topological polar surface area (TPSA) is 70.1 Å². The number of ether oxygens (including phenoxy) is 1. The van der Waals surface area contributed by atoms with Gasteiger partial charge in [-0.3, -0.25) is 14.5 Å². The third-order valence-electron chi connectivity index (χ3n) is 5.60. The fourth-order valence-corrected chi connectivity index (χ4v) is 4.20. The van der Waals surface area contributed by atoms with E-state index in [9.17, 15) is 19.1 Å². The van der Waals surface area contributed by atoms with Gasteiger partial charge in [-0.2, -0.15) is 0 Å². The minimum atomic E-state index is -0.787. The number of hydrogen-bond donors (Lipinski definition) is 1. The average molecular weight is 489 g/mol. The van der Waals surface area contributed by atoms with Crippen molar-refractivity contribution in [1.82, 2.24) is 9.80 Å². The molecule has 1 atom stereocenters. The fourth-order valence-electron chi connectivity index (χ4n) is 3.94. The van der Waals surface area contributed by atoms with Crippen LogP contribution in [0.5, 0.6) is 0 Å². The van der Waals surface area contributed by atoms with Gasteiger partial charge in [0.1, 0.15) is 11.6 Å². The molecule has 2 aliphatic heterocycles. The molecule has 2 fully saturated rings. The number of rotatable bonds is 5. The predicted octanol–water partition coefficient (Wildman–Crippen LogP) is 3.34. The Morgan fingerprint density at radius 2 is 1.68 bits per heavy atom. The third kappa shape index (κ3) is 4.56. The van der Waals surface area contributed by atoms with Gasteiger partial charge in [-0.1, -0.05) is 40.2 Å². The van der Waals surface area contributed by atoms with Crippen LogP contribution in [0.4, 0.5) is 4.39 Å². The highest BCUT2D eigenvalue weighted by molar-refractivity contribution is 9.10. The molecule has 2 aliphatic rings. The molecule has 0 saturated carbocycles. The molecule has 31 heavy (non-hydrogen) atoms. The molecule has 0 unspecified atom stereocenters. The van der Waals surface area contributed by atoms with E-state index in [-0.39, 0.29) is 11.3 Å². The minimum absolute atomic E-state index is 0.0147. The number of morpholine rings is 1. The van der Waals surface area contributed by atoms with Crippen LogP contribution in [0.2, 0.25) is 0 Å². The van der Waals surface area contributed by atoms with E-state index in [0.717, 1.165) is 17.6 Å². The lowest BCUT2D eigenvalue weighted by Crippen LogP contribution is -2.42. The molecule has 1 N–H and O–H groups in total. The summed E-state index contributed by atoms with van der Waals surface area (Å²) in [6.45, 7) is 3.65. The highest BCUT2D eigenvalue weighted by Crippen LogP contribution is 2.39. The van der Waals surface area contributed by atoms with Gasteiger partial charge < -0.3 is 14.7 Å². The van der Waals surface area contributed by atoms with E-state index in [1.54, 1.807) is 36.4 Å². The molecule has 0 spiro atoms. The summed E-state index contributed by atoms with van der Waals surface area (Å²) in [6.07, 6.45) is 0. The molecular formula is C23H22BrFN2O4. The summed E-state index contributed by atoms with van der Waals surface area (Å²) in [7, 11) is 0. The maximum Gasteiger partial charge on any atom is 0.295 e. The number of carbonyl (C=O) groups is 2. The summed E-state index contributed by atoms with van der Waals surface area (Å²) in [5, 5.41) is 11.0. The number of ketones is 1. The second-order valence-electron chi connectivity index (χ2n) is 7.50. The predicted molar refractivity (Wildman–Crippen MR) is 117 cm³/mol. The Labute approximate surface area is 188 Å². The zero-order chi connectivity index (χ0) is 22.0. The van der Waals surface area contributed by atoms with Gasteiger partial charge in [0.15, 0.2) is 0 Å². The van der Waals surface area contributed by atoms with Crippen LogP contribution in [0.25, 0.3) is 5.76 Å². The van der Waals surface area contributed by atoms with Crippen molar-refractivity contribution in [1.29, 1.82) is 0 Å². The number of amides is 1. The smallest absolute Gasteiger partial charge is 0.295 e. The van der Waals surface area contributed by atoms with E-state index in [2.05, 4.69) is 20.8 Å². The molecule has 4 rings (SSSR count). The van der Waals surface area contributed by atoms with Gasteiger partial charge in [0.05, 0.1) is 24.8 Å².